The Morgan fingerprint density at radius 3 is 2.35 bits per heavy atom. The van der Waals surface area contributed by atoms with Crippen molar-refractivity contribution in [2.45, 2.75) is 12.1 Å². The molecule has 0 N–H and O–H groups in total. The van der Waals surface area contributed by atoms with Gasteiger partial charge in [-0.2, -0.15) is 0 Å². The van der Waals surface area contributed by atoms with Crippen molar-refractivity contribution in [3.63, 3.8) is 0 Å². The van der Waals surface area contributed by atoms with Gasteiger partial charge in [0.2, 0.25) is 0 Å². The molecule has 1 saturated heterocycles. The molecule has 0 aliphatic carbocycles. The van der Waals surface area contributed by atoms with E-state index < -0.39 is 6.10 Å². The number of rotatable bonds is 3. The van der Waals surface area contributed by atoms with Crippen LogP contribution in [0.5, 0.6) is 0 Å². The number of carbonyl (C=O) groups excluding carboxylic acids is 1. The summed E-state index contributed by atoms with van der Waals surface area (Å²) in [6, 6.07) is 24.2. The number of anilines is 1. The molecule has 1 fully saturated rings. The summed E-state index contributed by atoms with van der Waals surface area (Å²) >= 11 is 0. The molecule has 1 heterocycles. The Bertz CT molecular complexity index is 854. The smallest absolute Gasteiger partial charge is 0.259 e. The average Bonchev–Trinajstić information content (AvgIpc) is 2.61. The fourth-order valence-electron chi connectivity index (χ4n) is 3.35. The van der Waals surface area contributed by atoms with Crippen LogP contribution >= 0.6 is 0 Å². The summed E-state index contributed by atoms with van der Waals surface area (Å²) in [6.07, 6.45) is -0.420. The van der Waals surface area contributed by atoms with Gasteiger partial charge < -0.3 is 4.74 Å². The van der Waals surface area contributed by atoms with E-state index in [1.165, 1.54) is 0 Å². The van der Waals surface area contributed by atoms with Crippen LogP contribution in [0, 0.1) is 0 Å². The molecule has 0 spiro atoms. The molecular formula is C20H17NO2. The van der Waals surface area contributed by atoms with Gasteiger partial charge in [-0.05, 0) is 17.0 Å². The SMILES string of the molecule is CO[C@@H]1C(=O)N(c2cccc3ccccc23)[C@H]1c1ccccc1. The third kappa shape index (κ3) is 2.13. The highest BCUT2D eigenvalue weighted by atomic mass is 16.5. The predicted molar refractivity (Wildman–Crippen MR) is 91.4 cm³/mol. The number of benzene rings is 3. The van der Waals surface area contributed by atoms with Crippen LogP contribution in [0.3, 0.4) is 0 Å². The van der Waals surface area contributed by atoms with Gasteiger partial charge in [-0.15, -0.1) is 0 Å². The Hall–Kier alpha value is -2.65. The third-order valence-corrected chi connectivity index (χ3v) is 4.47. The number of ether oxygens (including phenoxy) is 1. The lowest BCUT2D eigenvalue weighted by Gasteiger charge is -2.46. The predicted octanol–water partition coefficient (Wildman–Crippen LogP) is 3.94. The molecule has 1 amide bonds. The van der Waals surface area contributed by atoms with Crippen LogP contribution in [-0.2, 0) is 9.53 Å². The largest absolute Gasteiger partial charge is 0.369 e. The zero-order chi connectivity index (χ0) is 15.8. The minimum Gasteiger partial charge on any atom is -0.369 e. The van der Waals surface area contributed by atoms with Gasteiger partial charge in [0.1, 0.15) is 0 Å². The van der Waals surface area contributed by atoms with Crippen molar-refractivity contribution in [2.24, 2.45) is 0 Å². The molecule has 114 valence electrons. The van der Waals surface area contributed by atoms with Crippen LogP contribution < -0.4 is 4.90 Å². The van der Waals surface area contributed by atoms with Crippen molar-refractivity contribution in [2.75, 3.05) is 12.0 Å². The van der Waals surface area contributed by atoms with Crippen molar-refractivity contribution in [3.05, 3.63) is 78.4 Å². The summed E-state index contributed by atoms with van der Waals surface area (Å²) in [5, 5.41) is 2.21. The molecule has 0 saturated carbocycles. The lowest BCUT2D eigenvalue weighted by molar-refractivity contribution is -0.139. The van der Waals surface area contributed by atoms with Gasteiger partial charge in [0.15, 0.2) is 6.10 Å². The quantitative estimate of drug-likeness (QED) is 0.686. The van der Waals surface area contributed by atoms with Gasteiger partial charge in [0.25, 0.3) is 5.91 Å². The molecule has 0 bridgehead atoms. The van der Waals surface area contributed by atoms with E-state index in [1.807, 2.05) is 59.5 Å². The minimum atomic E-state index is -0.420. The first-order valence-corrected chi connectivity index (χ1v) is 7.70. The number of hydrogen-bond donors (Lipinski definition) is 0. The maximum atomic E-state index is 12.6. The van der Waals surface area contributed by atoms with E-state index in [0.29, 0.717) is 0 Å². The molecule has 3 heteroatoms. The van der Waals surface area contributed by atoms with E-state index in [-0.39, 0.29) is 11.9 Å². The second-order valence-electron chi connectivity index (χ2n) is 5.72. The van der Waals surface area contributed by atoms with Gasteiger partial charge in [0, 0.05) is 12.5 Å². The van der Waals surface area contributed by atoms with Crippen LogP contribution in [0.15, 0.2) is 72.8 Å². The van der Waals surface area contributed by atoms with Crippen LogP contribution in [0.25, 0.3) is 10.8 Å². The molecule has 23 heavy (non-hydrogen) atoms. The number of fused-ring (bicyclic) bond motifs is 1. The second kappa shape index (κ2) is 5.52. The van der Waals surface area contributed by atoms with Crippen LogP contribution in [0.4, 0.5) is 5.69 Å². The van der Waals surface area contributed by atoms with E-state index in [2.05, 4.69) is 18.2 Å². The average molecular weight is 303 g/mol. The number of β-lactam (4-membered cyclic amide) rings is 1. The van der Waals surface area contributed by atoms with Crippen LogP contribution in [0.1, 0.15) is 11.6 Å². The Balaban J connectivity index is 1.84. The molecule has 4 rings (SSSR count). The minimum absolute atomic E-state index is 0.0118. The Labute approximate surface area is 135 Å². The van der Waals surface area contributed by atoms with E-state index in [0.717, 1.165) is 22.0 Å². The fourth-order valence-corrected chi connectivity index (χ4v) is 3.35. The maximum Gasteiger partial charge on any atom is 0.259 e. The van der Waals surface area contributed by atoms with Crippen LogP contribution in [-0.4, -0.2) is 19.1 Å². The summed E-state index contributed by atoms with van der Waals surface area (Å²) in [6.45, 7) is 0. The number of nitrogens with zero attached hydrogens (tertiary/aromatic N) is 1. The first-order chi connectivity index (χ1) is 11.3. The molecular weight excluding hydrogens is 286 g/mol. The number of methoxy groups -OCH3 is 1. The zero-order valence-electron chi connectivity index (χ0n) is 12.8. The Morgan fingerprint density at radius 2 is 1.57 bits per heavy atom. The van der Waals surface area contributed by atoms with Crippen molar-refractivity contribution < 1.29 is 9.53 Å². The monoisotopic (exact) mass is 303 g/mol. The fraction of sp³-hybridized carbons (Fsp3) is 0.150. The van der Waals surface area contributed by atoms with Crippen molar-refractivity contribution in [1.29, 1.82) is 0 Å². The van der Waals surface area contributed by atoms with Gasteiger partial charge >= 0.3 is 0 Å². The van der Waals surface area contributed by atoms with Gasteiger partial charge in [-0.3, -0.25) is 9.69 Å². The Kier molecular flexibility index (Phi) is 3.36. The van der Waals surface area contributed by atoms with Crippen molar-refractivity contribution in [1.82, 2.24) is 0 Å². The van der Waals surface area contributed by atoms with Crippen molar-refractivity contribution >= 4 is 22.4 Å². The lowest BCUT2D eigenvalue weighted by Crippen LogP contribution is -2.60. The highest BCUT2D eigenvalue weighted by Gasteiger charge is 2.49. The third-order valence-electron chi connectivity index (χ3n) is 4.47. The number of hydrogen-bond acceptors (Lipinski definition) is 2. The second-order valence-corrected chi connectivity index (χ2v) is 5.72. The summed E-state index contributed by atoms with van der Waals surface area (Å²) in [4.78, 5) is 14.5. The highest BCUT2D eigenvalue weighted by Crippen LogP contribution is 2.43. The molecule has 3 aromatic rings. The number of amides is 1. The summed E-state index contributed by atoms with van der Waals surface area (Å²) in [7, 11) is 1.60. The molecule has 0 aromatic heterocycles. The lowest BCUT2D eigenvalue weighted by atomic mass is 9.89. The molecule has 0 unspecified atom stereocenters. The maximum absolute atomic E-state index is 12.6. The molecule has 0 radical (unpaired) electrons. The molecule has 1 aliphatic heterocycles. The van der Waals surface area contributed by atoms with E-state index >= 15 is 0 Å². The first-order valence-electron chi connectivity index (χ1n) is 7.70. The summed E-state index contributed by atoms with van der Waals surface area (Å²) in [5.74, 6) is 0.0118. The van der Waals surface area contributed by atoms with Crippen molar-refractivity contribution in [3.8, 4) is 0 Å². The molecule has 1 aliphatic rings. The van der Waals surface area contributed by atoms with E-state index in [1.54, 1.807) is 7.11 Å². The van der Waals surface area contributed by atoms with Gasteiger partial charge in [-0.1, -0.05) is 66.7 Å². The van der Waals surface area contributed by atoms with E-state index in [4.69, 9.17) is 4.74 Å². The highest BCUT2D eigenvalue weighted by molar-refractivity contribution is 6.10. The standard InChI is InChI=1S/C20H17NO2/c1-23-19-18(15-9-3-2-4-10-15)21(20(19)22)17-13-7-11-14-8-5-6-12-16(14)17/h2-13,18-19H,1H3/t18-,19-/m0/s1. The molecule has 2 atom stereocenters. The Morgan fingerprint density at radius 1 is 0.870 bits per heavy atom. The van der Waals surface area contributed by atoms with Gasteiger partial charge in [0.05, 0.1) is 11.7 Å². The summed E-state index contributed by atoms with van der Waals surface area (Å²) < 4.78 is 5.44. The zero-order valence-corrected chi connectivity index (χ0v) is 12.8. The topological polar surface area (TPSA) is 29.5 Å². The summed E-state index contributed by atoms with van der Waals surface area (Å²) in [5.41, 5.74) is 2.03. The number of carbonyl (C=O) groups is 1. The molecule has 3 nitrogen and oxygen atoms in total. The van der Waals surface area contributed by atoms with Gasteiger partial charge in [-0.25, -0.2) is 0 Å². The first kappa shape index (κ1) is 14.0. The van der Waals surface area contributed by atoms with Crippen LogP contribution in [0.2, 0.25) is 0 Å². The normalized spacial score (nSPS) is 20.6. The molecule has 3 aromatic carbocycles. The van der Waals surface area contributed by atoms with E-state index in [9.17, 15) is 4.79 Å².